The van der Waals surface area contributed by atoms with Gasteiger partial charge in [0.05, 0.1) is 12.3 Å². The lowest BCUT2D eigenvalue weighted by atomic mass is 10.1. The molecule has 2 aromatic carbocycles. The molecule has 1 fully saturated rings. The minimum atomic E-state index is -2.54. The molecule has 1 atom stereocenters. The predicted molar refractivity (Wildman–Crippen MR) is 102 cm³/mol. The number of likely N-dealkylation sites (tertiary alicyclic amines) is 1. The lowest BCUT2D eigenvalue weighted by Crippen LogP contribution is -2.38. The second-order valence-electron chi connectivity index (χ2n) is 7.08. The minimum Gasteiger partial charge on any atom is -0.491 e. The number of anilines is 1. The number of carbonyl (C=O) groups excluding carboxylic acids is 2. The van der Waals surface area contributed by atoms with E-state index < -0.39 is 12.5 Å². The number of halogens is 2. The van der Waals surface area contributed by atoms with Crippen LogP contribution in [-0.2, 0) is 16.0 Å². The van der Waals surface area contributed by atoms with Crippen molar-refractivity contribution in [3.8, 4) is 17.2 Å². The van der Waals surface area contributed by atoms with E-state index in [-0.39, 0.29) is 17.4 Å². The van der Waals surface area contributed by atoms with E-state index in [1.807, 2.05) is 6.07 Å². The highest BCUT2D eigenvalue weighted by molar-refractivity contribution is 6.00. The van der Waals surface area contributed by atoms with Crippen LogP contribution in [0.1, 0.15) is 30.4 Å². The summed E-state index contributed by atoms with van der Waals surface area (Å²) in [5.74, 6) is 1.12. The van der Waals surface area contributed by atoms with E-state index in [1.54, 1.807) is 13.1 Å². The fourth-order valence-electron chi connectivity index (χ4n) is 3.58. The molecular formula is C21H20F2N2O4. The van der Waals surface area contributed by atoms with Crippen LogP contribution in [0.5, 0.6) is 17.2 Å². The molecule has 29 heavy (non-hydrogen) atoms. The van der Waals surface area contributed by atoms with E-state index >= 15 is 0 Å². The molecule has 2 heterocycles. The van der Waals surface area contributed by atoms with Gasteiger partial charge in [-0.3, -0.25) is 9.59 Å². The van der Waals surface area contributed by atoms with Crippen molar-refractivity contribution in [2.24, 2.45) is 0 Å². The first-order valence-electron chi connectivity index (χ1n) is 9.34. The van der Waals surface area contributed by atoms with Gasteiger partial charge >= 0.3 is 0 Å². The van der Waals surface area contributed by atoms with Crippen LogP contribution in [0.25, 0.3) is 0 Å². The van der Waals surface area contributed by atoms with Crippen LogP contribution in [0.4, 0.5) is 14.5 Å². The third kappa shape index (κ3) is 3.87. The molecule has 0 spiro atoms. The Morgan fingerprint density at radius 1 is 1.21 bits per heavy atom. The molecule has 2 aliphatic rings. The van der Waals surface area contributed by atoms with E-state index in [4.69, 9.17) is 9.47 Å². The zero-order chi connectivity index (χ0) is 20.5. The number of ether oxygens (including phenoxy) is 2. The third-order valence-electron chi connectivity index (χ3n) is 5.18. The highest BCUT2D eigenvalue weighted by Gasteiger charge is 2.34. The molecule has 0 aliphatic carbocycles. The molecule has 6 nitrogen and oxygen atoms in total. The van der Waals surface area contributed by atoms with Crippen LogP contribution in [0.15, 0.2) is 36.4 Å². The second-order valence-corrected chi connectivity index (χ2v) is 7.08. The topological polar surface area (TPSA) is 67.9 Å². The van der Waals surface area contributed by atoms with Crippen LogP contribution < -0.4 is 14.8 Å². The van der Waals surface area contributed by atoms with Crippen LogP contribution in [0.3, 0.4) is 0 Å². The maximum absolute atomic E-state index is 12.7. The van der Waals surface area contributed by atoms with Gasteiger partial charge in [-0.05, 0) is 36.8 Å². The maximum Gasteiger partial charge on any atom is 0.263 e. The fraction of sp³-hybridized carbons (Fsp3) is 0.333. The Kier molecular flexibility index (Phi) is 5.08. The number of carbonyl (C=O) groups is 2. The highest BCUT2D eigenvalue weighted by Crippen LogP contribution is 2.39. The summed E-state index contributed by atoms with van der Waals surface area (Å²) in [5.41, 5.74) is 1.28. The lowest BCUT2D eigenvalue weighted by Gasteiger charge is -2.20. The van der Waals surface area contributed by atoms with E-state index in [2.05, 4.69) is 5.32 Å². The molecule has 0 aromatic heterocycles. The molecule has 2 aliphatic heterocycles. The van der Waals surface area contributed by atoms with Crippen molar-refractivity contribution in [2.45, 2.75) is 31.7 Å². The number of likely N-dealkylation sites (N-methyl/N-ethyl adjacent to an activating group) is 1. The summed E-state index contributed by atoms with van der Waals surface area (Å²) in [5, 5.41) is 2.85. The third-order valence-corrected chi connectivity index (χ3v) is 5.18. The standard InChI is InChI=1S/C21H20F2N2O4/c1-25-17(6-7-18(25)26)21(27)24-16-11-15(10-13-8-9-28-19(13)16)29-14-4-2-12(3-5-14)20(22)23/h2-5,10-11,17,20H,6-9H2,1H3,(H,24,27). The monoisotopic (exact) mass is 402 g/mol. The Balaban J connectivity index is 1.56. The molecule has 1 N–H and O–H groups in total. The SMILES string of the molecule is CN1C(=O)CCC1C(=O)Nc1cc(Oc2ccc(C(F)F)cc2)cc2c1OCC2. The molecule has 4 rings (SSSR count). The number of hydrogen-bond donors (Lipinski definition) is 1. The molecule has 152 valence electrons. The van der Waals surface area contributed by atoms with Crippen molar-refractivity contribution in [3.63, 3.8) is 0 Å². The number of rotatable bonds is 5. The normalized spacial score (nSPS) is 18.0. The molecular weight excluding hydrogens is 382 g/mol. The number of benzene rings is 2. The summed E-state index contributed by atoms with van der Waals surface area (Å²) in [6.45, 7) is 0.493. The number of nitrogens with zero attached hydrogens (tertiary/aromatic N) is 1. The van der Waals surface area contributed by atoms with Gasteiger partial charge in [-0.2, -0.15) is 0 Å². The van der Waals surface area contributed by atoms with Crippen LogP contribution in [-0.4, -0.2) is 36.4 Å². The van der Waals surface area contributed by atoms with Gasteiger partial charge in [-0.15, -0.1) is 0 Å². The number of nitrogens with one attached hydrogen (secondary N) is 1. The first kappa shape index (κ1) is 19.2. The molecule has 0 saturated carbocycles. The quantitative estimate of drug-likeness (QED) is 0.824. The van der Waals surface area contributed by atoms with E-state index in [1.165, 1.54) is 29.2 Å². The van der Waals surface area contributed by atoms with Gasteiger partial charge in [-0.25, -0.2) is 8.78 Å². The molecule has 0 bridgehead atoms. The van der Waals surface area contributed by atoms with E-state index in [0.29, 0.717) is 48.8 Å². The smallest absolute Gasteiger partial charge is 0.263 e. The van der Waals surface area contributed by atoms with Gasteiger partial charge in [0, 0.05) is 37.1 Å². The van der Waals surface area contributed by atoms with Crippen molar-refractivity contribution in [1.82, 2.24) is 4.90 Å². The van der Waals surface area contributed by atoms with Crippen molar-refractivity contribution in [3.05, 3.63) is 47.5 Å². The van der Waals surface area contributed by atoms with Crippen LogP contribution in [0.2, 0.25) is 0 Å². The van der Waals surface area contributed by atoms with E-state index in [9.17, 15) is 18.4 Å². The summed E-state index contributed by atoms with van der Waals surface area (Å²) in [6, 6.07) is 8.50. The first-order valence-corrected chi connectivity index (χ1v) is 9.34. The van der Waals surface area contributed by atoms with Gasteiger partial charge < -0.3 is 19.7 Å². The number of fused-ring (bicyclic) bond motifs is 1. The summed E-state index contributed by atoms with van der Waals surface area (Å²) < 4.78 is 36.9. The Morgan fingerprint density at radius 2 is 1.97 bits per heavy atom. The largest absolute Gasteiger partial charge is 0.491 e. The Bertz CT molecular complexity index is 946. The van der Waals surface area contributed by atoms with Crippen LogP contribution in [0, 0.1) is 0 Å². The van der Waals surface area contributed by atoms with Crippen molar-refractivity contribution in [1.29, 1.82) is 0 Å². The maximum atomic E-state index is 12.7. The average molecular weight is 402 g/mol. The fourth-order valence-corrected chi connectivity index (χ4v) is 3.58. The Morgan fingerprint density at radius 3 is 2.62 bits per heavy atom. The molecule has 0 radical (unpaired) electrons. The lowest BCUT2D eigenvalue weighted by molar-refractivity contribution is -0.131. The molecule has 1 saturated heterocycles. The van der Waals surface area contributed by atoms with Gasteiger partial charge in [0.15, 0.2) is 0 Å². The number of alkyl halides is 2. The van der Waals surface area contributed by atoms with Crippen molar-refractivity contribution < 1.29 is 27.8 Å². The predicted octanol–water partition coefficient (Wildman–Crippen LogP) is 3.91. The summed E-state index contributed by atoms with van der Waals surface area (Å²) in [6.07, 6.45) is -1.05. The zero-order valence-electron chi connectivity index (χ0n) is 15.8. The highest BCUT2D eigenvalue weighted by atomic mass is 19.3. The minimum absolute atomic E-state index is 0.0593. The number of amides is 2. The summed E-state index contributed by atoms with van der Waals surface area (Å²) in [4.78, 5) is 25.8. The van der Waals surface area contributed by atoms with Gasteiger partial charge in [-0.1, -0.05) is 0 Å². The molecule has 1 unspecified atom stereocenters. The van der Waals surface area contributed by atoms with Crippen molar-refractivity contribution in [2.75, 3.05) is 19.0 Å². The van der Waals surface area contributed by atoms with Gasteiger partial charge in [0.1, 0.15) is 23.3 Å². The Labute approximate surface area is 166 Å². The molecule has 2 amide bonds. The van der Waals surface area contributed by atoms with Crippen molar-refractivity contribution >= 4 is 17.5 Å². The van der Waals surface area contributed by atoms with Gasteiger partial charge in [0.25, 0.3) is 6.43 Å². The Hall–Kier alpha value is -3.16. The molecule has 2 aromatic rings. The average Bonchev–Trinajstić information content (AvgIpc) is 3.29. The summed E-state index contributed by atoms with van der Waals surface area (Å²) >= 11 is 0. The molecule has 8 heteroatoms. The summed E-state index contributed by atoms with van der Waals surface area (Å²) in [7, 11) is 1.61. The second kappa shape index (κ2) is 7.69. The zero-order valence-corrected chi connectivity index (χ0v) is 15.8. The van der Waals surface area contributed by atoms with E-state index in [0.717, 1.165) is 5.56 Å². The van der Waals surface area contributed by atoms with Crippen LogP contribution >= 0.6 is 0 Å². The first-order chi connectivity index (χ1) is 13.9. The van der Waals surface area contributed by atoms with Gasteiger partial charge in [0.2, 0.25) is 11.8 Å². The number of hydrogen-bond acceptors (Lipinski definition) is 4.